The number of rotatable bonds is 4. The molecule has 1 saturated heterocycles. The molecule has 0 saturated carbocycles. The van der Waals surface area contributed by atoms with Crippen LogP contribution < -0.4 is 14.4 Å². The van der Waals surface area contributed by atoms with Crippen molar-refractivity contribution in [3.05, 3.63) is 53.1 Å². The predicted molar refractivity (Wildman–Crippen MR) is 104 cm³/mol. The zero-order valence-corrected chi connectivity index (χ0v) is 15.8. The van der Waals surface area contributed by atoms with Gasteiger partial charge in [-0.25, -0.2) is 0 Å². The minimum absolute atomic E-state index is 0.106. The summed E-state index contributed by atoms with van der Waals surface area (Å²) in [6.07, 6.45) is 0. The van der Waals surface area contributed by atoms with E-state index in [1.54, 1.807) is 55.5 Å². The van der Waals surface area contributed by atoms with Crippen LogP contribution in [-0.2, 0) is 0 Å². The molecule has 2 aromatic rings. The van der Waals surface area contributed by atoms with Crippen LogP contribution in [0.4, 0.5) is 5.69 Å². The standard InChI is InChI=1S/C21H20N4O3/c1-27-18-10-17(11-19(12-18)28-2)21(26)25-8-6-24(7-9-25)20-15(13-22)4-3-5-16(20)14-23/h3-5,10-12H,6-9H2,1-2H3. The maximum absolute atomic E-state index is 12.9. The first kappa shape index (κ1) is 19.1. The highest BCUT2D eigenvalue weighted by atomic mass is 16.5. The summed E-state index contributed by atoms with van der Waals surface area (Å²) >= 11 is 0. The lowest BCUT2D eigenvalue weighted by molar-refractivity contribution is 0.0746. The van der Waals surface area contributed by atoms with Gasteiger partial charge in [0.2, 0.25) is 0 Å². The van der Waals surface area contributed by atoms with Crippen LogP contribution in [-0.4, -0.2) is 51.2 Å². The highest BCUT2D eigenvalue weighted by molar-refractivity contribution is 5.95. The molecule has 0 radical (unpaired) electrons. The van der Waals surface area contributed by atoms with E-state index in [9.17, 15) is 15.3 Å². The average molecular weight is 376 g/mol. The molecule has 142 valence electrons. The second kappa shape index (κ2) is 8.32. The molecule has 3 rings (SSSR count). The van der Waals surface area contributed by atoms with Gasteiger partial charge in [-0.15, -0.1) is 0 Å². The fourth-order valence-corrected chi connectivity index (χ4v) is 3.31. The number of nitriles is 2. The number of hydrogen-bond acceptors (Lipinski definition) is 6. The summed E-state index contributed by atoms with van der Waals surface area (Å²) in [5.74, 6) is 1.01. The maximum atomic E-state index is 12.9. The van der Waals surface area contributed by atoms with Crippen molar-refractivity contribution < 1.29 is 14.3 Å². The monoisotopic (exact) mass is 376 g/mol. The molecule has 0 aliphatic carbocycles. The molecule has 0 atom stereocenters. The molecule has 0 aromatic heterocycles. The Hall–Kier alpha value is -3.71. The maximum Gasteiger partial charge on any atom is 0.254 e. The first-order valence-electron chi connectivity index (χ1n) is 8.81. The number of methoxy groups -OCH3 is 2. The Labute approximate surface area is 163 Å². The second-order valence-corrected chi connectivity index (χ2v) is 6.31. The number of carbonyl (C=O) groups excluding carboxylic acids is 1. The van der Waals surface area contributed by atoms with E-state index in [1.165, 1.54) is 0 Å². The highest BCUT2D eigenvalue weighted by Gasteiger charge is 2.25. The van der Waals surface area contributed by atoms with Gasteiger partial charge in [-0.3, -0.25) is 4.79 Å². The van der Waals surface area contributed by atoms with E-state index < -0.39 is 0 Å². The third-order valence-electron chi connectivity index (χ3n) is 4.76. The molecular formula is C21H20N4O3. The molecular weight excluding hydrogens is 356 g/mol. The lowest BCUT2D eigenvalue weighted by atomic mass is 10.1. The Kier molecular flexibility index (Phi) is 5.67. The van der Waals surface area contributed by atoms with E-state index >= 15 is 0 Å². The van der Waals surface area contributed by atoms with Gasteiger partial charge >= 0.3 is 0 Å². The predicted octanol–water partition coefficient (Wildman–Crippen LogP) is 2.41. The molecule has 0 N–H and O–H groups in total. The van der Waals surface area contributed by atoms with Crippen molar-refractivity contribution in [1.82, 2.24) is 4.90 Å². The van der Waals surface area contributed by atoms with Crippen molar-refractivity contribution in [2.75, 3.05) is 45.3 Å². The van der Waals surface area contributed by atoms with Gasteiger partial charge in [0.1, 0.15) is 23.6 Å². The molecule has 1 aliphatic heterocycles. The van der Waals surface area contributed by atoms with E-state index in [0.29, 0.717) is 60.1 Å². The molecule has 1 fully saturated rings. The summed E-state index contributed by atoms with van der Waals surface area (Å²) in [7, 11) is 3.09. The summed E-state index contributed by atoms with van der Waals surface area (Å²) in [4.78, 5) is 16.7. The van der Waals surface area contributed by atoms with Gasteiger partial charge in [0, 0.05) is 37.8 Å². The van der Waals surface area contributed by atoms with Crippen LogP contribution in [0, 0.1) is 22.7 Å². The highest BCUT2D eigenvalue weighted by Crippen LogP contribution is 2.27. The van der Waals surface area contributed by atoms with Gasteiger partial charge in [0.05, 0.1) is 31.0 Å². The van der Waals surface area contributed by atoms with Crippen LogP contribution in [0.25, 0.3) is 0 Å². The molecule has 0 bridgehead atoms. The SMILES string of the molecule is COc1cc(OC)cc(C(=O)N2CCN(c3c(C#N)cccc3C#N)CC2)c1. The third-order valence-corrected chi connectivity index (χ3v) is 4.76. The molecule has 7 nitrogen and oxygen atoms in total. The van der Waals surface area contributed by atoms with E-state index in [2.05, 4.69) is 12.1 Å². The van der Waals surface area contributed by atoms with Crippen LogP contribution in [0.1, 0.15) is 21.5 Å². The fourth-order valence-electron chi connectivity index (χ4n) is 3.31. The molecule has 1 aliphatic rings. The second-order valence-electron chi connectivity index (χ2n) is 6.31. The normalized spacial score (nSPS) is 13.4. The molecule has 0 unspecified atom stereocenters. The third kappa shape index (κ3) is 3.70. The Bertz CT molecular complexity index is 912. The van der Waals surface area contributed by atoms with E-state index in [-0.39, 0.29) is 5.91 Å². The number of hydrogen-bond donors (Lipinski definition) is 0. The zero-order chi connectivity index (χ0) is 20.1. The number of ether oxygens (including phenoxy) is 2. The van der Waals surface area contributed by atoms with E-state index in [4.69, 9.17) is 9.47 Å². The van der Waals surface area contributed by atoms with Crippen molar-refractivity contribution in [1.29, 1.82) is 10.5 Å². The van der Waals surface area contributed by atoms with Crippen LogP contribution in [0.5, 0.6) is 11.5 Å². The minimum Gasteiger partial charge on any atom is -0.497 e. The number of piperazine rings is 1. The molecule has 1 amide bonds. The van der Waals surface area contributed by atoms with E-state index in [1.807, 2.05) is 4.90 Å². The van der Waals surface area contributed by atoms with Crippen LogP contribution >= 0.6 is 0 Å². The number of nitrogens with zero attached hydrogens (tertiary/aromatic N) is 4. The fraction of sp³-hybridized carbons (Fsp3) is 0.286. The van der Waals surface area contributed by atoms with Crippen LogP contribution in [0.3, 0.4) is 0 Å². The van der Waals surface area contributed by atoms with Gasteiger partial charge in [0.25, 0.3) is 5.91 Å². The zero-order valence-electron chi connectivity index (χ0n) is 15.8. The van der Waals surface area contributed by atoms with Crippen molar-refractivity contribution in [2.45, 2.75) is 0 Å². The Balaban J connectivity index is 1.77. The van der Waals surface area contributed by atoms with Crippen LogP contribution in [0.15, 0.2) is 36.4 Å². The average Bonchev–Trinajstić information content (AvgIpc) is 2.77. The summed E-state index contributed by atoms with van der Waals surface area (Å²) < 4.78 is 10.5. The van der Waals surface area contributed by atoms with Crippen molar-refractivity contribution in [3.8, 4) is 23.6 Å². The van der Waals surface area contributed by atoms with Gasteiger partial charge in [-0.1, -0.05) is 6.07 Å². The van der Waals surface area contributed by atoms with Crippen molar-refractivity contribution in [2.24, 2.45) is 0 Å². The quantitative estimate of drug-likeness (QED) is 0.814. The smallest absolute Gasteiger partial charge is 0.254 e. The Morgan fingerprint density at radius 2 is 1.46 bits per heavy atom. The summed E-state index contributed by atoms with van der Waals surface area (Å²) in [6, 6.07) is 14.5. The molecule has 1 heterocycles. The number of para-hydroxylation sites is 1. The van der Waals surface area contributed by atoms with Gasteiger partial charge in [-0.2, -0.15) is 10.5 Å². The molecule has 7 heteroatoms. The van der Waals surface area contributed by atoms with Gasteiger partial charge in [0.15, 0.2) is 0 Å². The summed E-state index contributed by atoms with van der Waals surface area (Å²) in [5.41, 5.74) is 2.08. The summed E-state index contributed by atoms with van der Waals surface area (Å²) in [5, 5.41) is 18.8. The summed E-state index contributed by atoms with van der Waals surface area (Å²) in [6.45, 7) is 2.06. The van der Waals surface area contributed by atoms with Crippen molar-refractivity contribution >= 4 is 11.6 Å². The lowest BCUT2D eigenvalue weighted by Gasteiger charge is -2.36. The topological polar surface area (TPSA) is 89.6 Å². The molecule has 0 spiro atoms. The van der Waals surface area contributed by atoms with Gasteiger partial charge in [-0.05, 0) is 24.3 Å². The lowest BCUT2D eigenvalue weighted by Crippen LogP contribution is -2.49. The van der Waals surface area contributed by atoms with Crippen LogP contribution in [0.2, 0.25) is 0 Å². The Morgan fingerprint density at radius 3 is 1.93 bits per heavy atom. The Morgan fingerprint density at radius 1 is 0.929 bits per heavy atom. The van der Waals surface area contributed by atoms with E-state index in [0.717, 1.165) is 0 Å². The van der Waals surface area contributed by atoms with Gasteiger partial charge < -0.3 is 19.3 Å². The number of amides is 1. The minimum atomic E-state index is -0.106. The first-order chi connectivity index (χ1) is 13.6. The number of benzene rings is 2. The largest absolute Gasteiger partial charge is 0.497 e. The molecule has 28 heavy (non-hydrogen) atoms. The first-order valence-corrected chi connectivity index (χ1v) is 8.81. The molecule has 2 aromatic carbocycles. The van der Waals surface area contributed by atoms with Crippen molar-refractivity contribution in [3.63, 3.8) is 0 Å². The number of anilines is 1. The number of carbonyl (C=O) groups is 1.